The number of amides is 1. The van der Waals surface area contributed by atoms with Crippen LogP contribution in [0.1, 0.15) is 31.2 Å². The third-order valence-electron chi connectivity index (χ3n) is 3.95. The standard InChI is InChI=1S/C16H23ClN2O4/c1-22-14-7-10(6-11(17)16(14)23-9-15(18)21)8-19-12-4-2-3-5-13(12)20/h6-7,12-13,19-20H,2-5,8-9H2,1H3,(H2,18,21). The molecule has 0 heterocycles. The van der Waals surface area contributed by atoms with Gasteiger partial charge in [0.25, 0.3) is 5.91 Å². The number of hydrogen-bond donors (Lipinski definition) is 3. The van der Waals surface area contributed by atoms with Crippen molar-refractivity contribution in [1.82, 2.24) is 5.32 Å². The average molecular weight is 343 g/mol. The van der Waals surface area contributed by atoms with E-state index in [0.29, 0.717) is 23.1 Å². The lowest BCUT2D eigenvalue weighted by Gasteiger charge is -2.28. The van der Waals surface area contributed by atoms with Crippen LogP contribution in [0.4, 0.5) is 0 Å². The Kier molecular flexibility index (Phi) is 6.50. The monoisotopic (exact) mass is 342 g/mol. The van der Waals surface area contributed by atoms with E-state index in [1.807, 2.05) is 0 Å². The molecule has 0 saturated heterocycles. The maximum atomic E-state index is 10.8. The molecule has 2 unspecified atom stereocenters. The lowest BCUT2D eigenvalue weighted by atomic mass is 9.92. The molecule has 1 aromatic rings. The topological polar surface area (TPSA) is 93.8 Å². The zero-order chi connectivity index (χ0) is 16.8. The van der Waals surface area contributed by atoms with Crippen LogP contribution < -0.4 is 20.5 Å². The number of ether oxygens (including phenoxy) is 2. The van der Waals surface area contributed by atoms with Gasteiger partial charge in [0.15, 0.2) is 18.1 Å². The fourth-order valence-corrected chi connectivity index (χ4v) is 3.04. The van der Waals surface area contributed by atoms with Crippen molar-refractivity contribution in [3.63, 3.8) is 0 Å². The minimum Gasteiger partial charge on any atom is -0.493 e. The molecular formula is C16H23ClN2O4. The molecule has 7 heteroatoms. The highest BCUT2D eigenvalue weighted by Gasteiger charge is 2.22. The van der Waals surface area contributed by atoms with Gasteiger partial charge in [0.05, 0.1) is 18.2 Å². The summed E-state index contributed by atoms with van der Waals surface area (Å²) in [7, 11) is 1.50. The van der Waals surface area contributed by atoms with E-state index in [9.17, 15) is 9.90 Å². The third-order valence-corrected chi connectivity index (χ3v) is 4.23. The summed E-state index contributed by atoms with van der Waals surface area (Å²) >= 11 is 6.21. The Morgan fingerprint density at radius 1 is 1.43 bits per heavy atom. The van der Waals surface area contributed by atoms with E-state index in [1.165, 1.54) is 7.11 Å². The van der Waals surface area contributed by atoms with Gasteiger partial charge in [0, 0.05) is 12.6 Å². The van der Waals surface area contributed by atoms with Crippen molar-refractivity contribution in [3.8, 4) is 11.5 Å². The number of carbonyl (C=O) groups is 1. The van der Waals surface area contributed by atoms with Crippen molar-refractivity contribution < 1.29 is 19.4 Å². The van der Waals surface area contributed by atoms with Crippen molar-refractivity contribution in [1.29, 1.82) is 0 Å². The normalized spacial score (nSPS) is 21.0. The van der Waals surface area contributed by atoms with Crippen LogP contribution in [0.5, 0.6) is 11.5 Å². The van der Waals surface area contributed by atoms with Gasteiger partial charge in [-0.1, -0.05) is 24.4 Å². The van der Waals surface area contributed by atoms with Crippen LogP contribution in [-0.4, -0.2) is 36.9 Å². The number of halogens is 1. The van der Waals surface area contributed by atoms with Crippen molar-refractivity contribution in [3.05, 3.63) is 22.7 Å². The van der Waals surface area contributed by atoms with Gasteiger partial charge in [-0.2, -0.15) is 0 Å². The summed E-state index contributed by atoms with van der Waals surface area (Å²) in [6.07, 6.45) is 3.69. The van der Waals surface area contributed by atoms with Crippen LogP contribution in [0.3, 0.4) is 0 Å². The summed E-state index contributed by atoms with van der Waals surface area (Å²) < 4.78 is 10.6. The highest BCUT2D eigenvalue weighted by atomic mass is 35.5. The minimum absolute atomic E-state index is 0.0966. The lowest BCUT2D eigenvalue weighted by molar-refractivity contribution is -0.119. The fourth-order valence-electron chi connectivity index (χ4n) is 2.76. The Hall–Kier alpha value is -1.50. The van der Waals surface area contributed by atoms with Gasteiger partial charge in [-0.3, -0.25) is 4.79 Å². The molecule has 2 atom stereocenters. The van der Waals surface area contributed by atoms with E-state index in [4.69, 9.17) is 26.8 Å². The molecule has 0 bridgehead atoms. The van der Waals surface area contributed by atoms with Crippen molar-refractivity contribution in [2.24, 2.45) is 5.73 Å². The van der Waals surface area contributed by atoms with Gasteiger partial charge in [-0.15, -0.1) is 0 Å². The van der Waals surface area contributed by atoms with Crippen LogP contribution in [0.15, 0.2) is 12.1 Å². The molecule has 0 aliphatic heterocycles. The first kappa shape index (κ1) is 17.8. The van der Waals surface area contributed by atoms with Gasteiger partial charge in [0.2, 0.25) is 0 Å². The molecule has 1 aliphatic rings. The summed E-state index contributed by atoms with van der Waals surface area (Å²) in [6.45, 7) is 0.301. The van der Waals surface area contributed by atoms with E-state index in [-0.39, 0.29) is 18.8 Å². The van der Waals surface area contributed by atoms with E-state index < -0.39 is 5.91 Å². The SMILES string of the molecule is COc1cc(CNC2CCCCC2O)cc(Cl)c1OCC(N)=O. The van der Waals surface area contributed by atoms with E-state index >= 15 is 0 Å². The molecule has 4 N–H and O–H groups in total. The number of aliphatic hydroxyl groups excluding tert-OH is 1. The number of hydrogen-bond acceptors (Lipinski definition) is 5. The number of rotatable bonds is 7. The predicted octanol–water partition coefficient (Wildman–Crippen LogP) is 1.61. The first-order chi connectivity index (χ1) is 11.0. The molecule has 128 valence electrons. The first-order valence-corrected chi connectivity index (χ1v) is 8.08. The summed E-state index contributed by atoms with van der Waals surface area (Å²) in [6, 6.07) is 3.65. The van der Waals surface area contributed by atoms with Crippen molar-refractivity contribution in [2.75, 3.05) is 13.7 Å². The van der Waals surface area contributed by atoms with Crippen LogP contribution in [0.2, 0.25) is 5.02 Å². The number of nitrogens with one attached hydrogen (secondary N) is 1. The predicted molar refractivity (Wildman–Crippen MR) is 87.8 cm³/mol. The van der Waals surface area contributed by atoms with Gasteiger partial charge in [-0.25, -0.2) is 0 Å². The summed E-state index contributed by atoms with van der Waals surface area (Å²) in [4.78, 5) is 10.8. The average Bonchev–Trinajstić information content (AvgIpc) is 2.52. The third kappa shape index (κ3) is 4.99. The summed E-state index contributed by atoms with van der Waals surface area (Å²) in [5.74, 6) is 0.161. The largest absolute Gasteiger partial charge is 0.493 e. The molecule has 2 rings (SSSR count). The molecule has 1 aliphatic carbocycles. The number of nitrogens with two attached hydrogens (primary N) is 1. The second kappa shape index (κ2) is 8.38. The maximum absolute atomic E-state index is 10.8. The molecule has 1 saturated carbocycles. The first-order valence-electron chi connectivity index (χ1n) is 7.70. The highest BCUT2D eigenvalue weighted by Crippen LogP contribution is 2.36. The smallest absolute Gasteiger partial charge is 0.255 e. The van der Waals surface area contributed by atoms with Crippen LogP contribution >= 0.6 is 11.6 Å². The van der Waals surface area contributed by atoms with Crippen molar-refractivity contribution in [2.45, 2.75) is 44.4 Å². The van der Waals surface area contributed by atoms with Crippen LogP contribution in [0.25, 0.3) is 0 Å². The van der Waals surface area contributed by atoms with Crippen molar-refractivity contribution >= 4 is 17.5 Å². The Morgan fingerprint density at radius 2 is 2.17 bits per heavy atom. The second-order valence-electron chi connectivity index (χ2n) is 5.70. The molecule has 0 aromatic heterocycles. The Morgan fingerprint density at radius 3 is 2.83 bits per heavy atom. The van der Waals surface area contributed by atoms with Gasteiger partial charge in [-0.05, 0) is 30.5 Å². The van der Waals surface area contributed by atoms with Gasteiger partial charge in [0.1, 0.15) is 0 Å². The van der Waals surface area contributed by atoms with Gasteiger partial charge < -0.3 is 25.6 Å². The number of methoxy groups -OCH3 is 1. The summed E-state index contributed by atoms with van der Waals surface area (Å²) in [5, 5.41) is 13.7. The zero-order valence-corrected chi connectivity index (χ0v) is 13.9. The number of aliphatic hydroxyl groups is 1. The minimum atomic E-state index is -0.583. The Balaban J connectivity index is 2.04. The molecule has 1 aromatic carbocycles. The van der Waals surface area contributed by atoms with E-state index in [0.717, 1.165) is 31.2 Å². The van der Waals surface area contributed by atoms with Crippen LogP contribution in [0, 0.1) is 0 Å². The maximum Gasteiger partial charge on any atom is 0.255 e. The quantitative estimate of drug-likeness (QED) is 0.700. The molecule has 0 spiro atoms. The highest BCUT2D eigenvalue weighted by molar-refractivity contribution is 6.32. The molecular weight excluding hydrogens is 320 g/mol. The Labute approximate surface area is 140 Å². The molecule has 1 fully saturated rings. The molecule has 23 heavy (non-hydrogen) atoms. The molecule has 0 radical (unpaired) electrons. The second-order valence-corrected chi connectivity index (χ2v) is 6.11. The van der Waals surface area contributed by atoms with Crippen LogP contribution in [-0.2, 0) is 11.3 Å². The van der Waals surface area contributed by atoms with E-state index in [2.05, 4.69) is 5.32 Å². The number of primary amides is 1. The number of carbonyl (C=O) groups excluding carboxylic acids is 1. The van der Waals surface area contributed by atoms with E-state index in [1.54, 1.807) is 12.1 Å². The molecule has 1 amide bonds. The van der Waals surface area contributed by atoms with Gasteiger partial charge >= 0.3 is 0 Å². The fraction of sp³-hybridized carbons (Fsp3) is 0.562. The lowest BCUT2D eigenvalue weighted by Crippen LogP contribution is -2.41. The summed E-state index contributed by atoms with van der Waals surface area (Å²) in [5.41, 5.74) is 5.99. The number of benzene rings is 1. The Bertz CT molecular complexity index is 553. The molecule has 6 nitrogen and oxygen atoms in total. The zero-order valence-electron chi connectivity index (χ0n) is 13.2.